The maximum atomic E-state index is 12.9. The Morgan fingerprint density at radius 1 is 1.14 bits per heavy atom. The van der Waals surface area contributed by atoms with Crippen molar-refractivity contribution in [3.8, 4) is 0 Å². The average molecular weight is 417 g/mol. The van der Waals surface area contributed by atoms with Crippen molar-refractivity contribution < 1.29 is 17.9 Å². The fraction of sp³-hybridized carbons (Fsp3) is 0.409. The van der Waals surface area contributed by atoms with E-state index >= 15 is 0 Å². The summed E-state index contributed by atoms with van der Waals surface area (Å²) < 4.78 is 32.5. The quantitative estimate of drug-likeness (QED) is 0.785. The SMILES string of the molecule is CCc1ccc([C@@H](C)NC(=O)c2cc(S(=O)(=O)N3CCOCC3)ccc2C)cc1. The van der Waals surface area contributed by atoms with Crippen molar-refractivity contribution in [2.45, 2.75) is 38.1 Å². The predicted octanol–water partition coefficient (Wildman–Crippen LogP) is 3.07. The van der Waals surface area contributed by atoms with E-state index in [1.54, 1.807) is 19.1 Å². The molecule has 1 atom stereocenters. The van der Waals surface area contributed by atoms with Gasteiger partial charge in [0, 0.05) is 18.7 Å². The molecule has 7 heteroatoms. The molecule has 1 fully saturated rings. The van der Waals surface area contributed by atoms with Gasteiger partial charge < -0.3 is 10.1 Å². The normalized spacial score (nSPS) is 16.4. The number of morpholine rings is 1. The van der Waals surface area contributed by atoms with Crippen molar-refractivity contribution in [3.63, 3.8) is 0 Å². The molecule has 0 aromatic heterocycles. The molecular formula is C22H28N2O4S. The number of sulfonamides is 1. The Labute approximate surface area is 172 Å². The number of benzene rings is 2. The predicted molar refractivity (Wildman–Crippen MR) is 112 cm³/mol. The van der Waals surface area contributed by atoms with Gasteiger partial charge in [-0.05, 0) is 49.1 Å². The van der Waals surface area contributed by atoms with E-state index in [2.05, 4.69) is 24.4 Å². The first-order valence-electron chi connectivity index (χ1n) is 9.91. The number of nitrogens with zero attached hydrogens (tertiary/aromatic N) is 1. The summed E-state index contributed by atoms with van der Waals surface area (Å²) in [7, 11) is -3.65. The average Bonchev–Trinajstić information content (AvgIpc) is 2.74. The van der Waals surface area contributed by atoms with Crippen LogP contribution in [0.4, 0.5) is 0 Å². The second kappa shape index (κ2) is 9.07. The van der Waals surface area contributed by atoms with Gasteiger partial charge >= 0.3 is 0 Å². The van der Waals surface area contributed by atoms with Crippen LogP contribution in [0.1, 0.15) is 46.9 Å². The Morgan fingerprint density at radius 2 is 1.79 bits per heavy atom. The van der Waals surface area contributed by atoms with Gasteiger partial charge in [-0.1, -0.05) is 37.3 Å². The first-order valence-corrected chi connectivity index (χ1v) is 11.3. The van der Waals surface area contributed by atoms with Crippen LogP contribution in [-0.2, 0) is 21.2 Å². The lowest BCUT2D eigenvalue weighted by Gasteiger charge is -2.26. The molecule has 0 radical (unpaired) electrons. The number of aryl methyl sites for hydroxylation is 2. The van der Waals surface area contributed by atoms with E-state index in [0.717, 1.165) is 17.5 Å². The number of rotatable bonds is 6. The molecule has 2 aromatic carbocycles. The zero-order valence-electron chi connectivity index (χ0n) is 17.1. The number of nitrogens with one attached hydrogen (secondary N) is 1. The first kappa shape index (κ1) is 21.5. The van der Waals surface area contributed by atoms with Crippen LogP contribution in [0.2, 0.25) is 0 Å². The van der Waals surface area contributed by atoms with Crippen LogP contribution in [0.15, 0.2) is 47.4 Å². The van der Waals surface area contributed by atoms with Gasteiger partial charge in [0.1, 0.15) is 0 Å². The number of ether oxygens (including phenoxy) is 1. The molecule has 0 bridgehead atoms. The van der Waals surface area contributed by atoms with Gasteiger partial charge in [0.05, 0.1) is 24.2 Å². The summed E-state index contributed by atoms with van der Waals surface area (Å²) in [6.45, 7) is 7.23. The lowest BCUT2D eigenvalue weighted by Crippen LogP contribution is -2.40. The topological polar surface area (TPSA) is 75.7 Å². The lowest BCUT2D eigenvalue weighted by atomic mass is 10.0. The van der Waals surface area contributed by atoms with E-state index in [1.165, 1.54) is 15.9 Å². The van der Waals surface area contributed by atoms with Crippen molar-refractivity contribution in [3.05, 3.63) is 64.7 Å². The van der Waals surface area contributed by atoms with Gasteiger partial charge in [-0.2, -0.15) is 4.31 Å². The minimum atomic E-state index is -3.65. The van der Waals surface area contributed by atoms with E-state index in [-0.39, 0.29) is 16.8 Å². The Hall–Kier alpha value is -2.22. The van der Waals surface area contributed by atoms with Crippen LogP contribution >= 0.6 is 0 Å². The van der Waals surface area contributed by atoms with E-state index in [4.69, 9.17) is 4.74 Å². The highest BCUT2D eigenvalue weighted by Gasteiger charge is 2.27. The Bertz CT molecular complexity index is 965. The zero-order valence-corrected chi connectivity index (χ0v) is 18.0. The van der Waals surface area contributed by atoms with Crippen LogP contribution in [-0.4, -0.2) is 44.9 Å². The molecule has 1 amide bonds. The number of hydrogen-bond acceptors (Lipinski definition) is 4. The molecule has 6 nitrogen and oxygen atoms in total. The summed E-state index contributed by atoms with van der Waals surface area (Å²) in [5.41, 5.74) is 3.35. The minimum absolute atomic E-state index is 0.134. The summed E-state index contributed by atoms with van der Waals surface area (Å²) in [5.74, 6) is -0.284. The number of amides is 1. The molecule has 1 saturated heterocycles. The number of carbonyl (C=O) groups is 1. The minimum Gasteiger partial charge on any atom is -0.379 e. The van der Waals surface area contributed by atoms with Crippen LogP contribution in [0.3, 0.4) is 0 Å². The number of carbonyl (C=O) groups excluding carboxylic acids is 1. The maximum absolute atomic E-state index is 12.9. The van der Waals surface area contributed by atoms with Crippen LogP contribution < -0.4 is 5.32 Å². The van der Waals surface area contributed by atoms with Gasteiger partial charge in [0.15, 0.2) is 0 Å². The highest BCUT2D eigenvalue weighted by atomic mass is 32.2. The first-order chi connectivity index (χ1) is 13.8. The molecule has 1 N–H and O–H groups in total. The second-order valence-electron chi connectivity index (χ2n) is 7.28. The monoisotopic (exact) mass is 416 g/mol. The largest absolute Gasteiger partial charge is 0.379 e. The summed E-state index contributed by atoms with van der Waals surface area (Å²) in [5, 5.41) is 2.98. The highest BCUT2D eigenvalue weighted by molar-refractivity contribution is 7.89. The van der Waals surface area contributed by atoms with Gasteiger partial charge in [-0.25, -0.2) is 8.42 Å². The van der Waals surface area contributed by atoms with E-state index < -0.39 is 10.0 Å². The molecule has 0 saturated carbocycles. The van der Waals surface area contributed by atoms with Crippen molar-refractivity contribution in [2.24, 2.45) is 0 Å². The van der Waals surface area contributed by atoms with Crippen molar-refractivity contribution in [1.82, 2.24) is 9.62 Å². The molecule has 1 heterocycles. The second-order valence-corrected chi connectivity index (χ2v) is 9.22. The summed E-state index contributed by atoms with van der Waals surface area (Å²) in [6, 6.07) is 12.7. The standard InChI is InChI=1S/C22H28N2O4S/c1-4-18-6-8-19(9-7-18)17(3)23-22(25)21-15-20(10-5-16(21)2)29(26,27)24-11-13-28-14-12-24/h5-10,15,17H,4,11-14H2,1-3H3,(H,23,25)/t17-/m1/s1. The van der Waals surface area contributed by atoms with Crippen LogP contribution in [0.25, 0.3) is 0 Å². The Morgan fingerprint density at radius 3 is 2.41 bits per heavy atom. The summed E-state index contributed by atoms with van der Waals surface area (Å²) in [6.07, 6.45) is 0.963. The molecule has 0 aliphatic carbocycles. The van der Waals surface area contributed by atoms with Gasteiger partial charge in [0.25, 0.3) is 5.91 Å². The van der Waals surface area contributed by atoms with Gasteiger partial charge in [-0.15, -0.1) is 0 Å². The number of hydrogen-bond donors (Lipinski definition) is 1. The van der Waals surface area contributed by atoms with Crippen LogP contribution in [0.5, 0.6) is 0 Å². The summed E-state index contributed by atoms with van der Waals surface area (Å²) in [4.78, 5) is 13.0. The van der Waals surface area contributed by atoms with E-state index in [9.17, 15) is 13.2 Å². The van der Waals surface area contributed by atoms with Gasteiger partial charge in [-0.3, -0.25) is 4.79 Å². The molecule has 0 unspecified atom stereocenters. The summed E-state index contributed by atoms with van der Waals surface area (Å²) >= 11 is 0. The molecule has 1 aliphatic heterocycles. The third kappa shape index (κ3) is 4.86. The third-order valence-electron chi connectivity index (χ3n) is 5.30. The van der Waals surface area contributed by atoms with Crippen molar-refractivity contribution >= 4 is 15.9 Å². The highest BCUT2D eigenvalue weighted by Crippen LogP contribution is 2.22. The molecule has 156 valence electrons. The van der Waals surface area contributed by atoms with Crippen molar-refractivity contribution in [2.75, 3.05) is 26.3 Å². The Kier molecular flexibility index (Phi) is 6.72. The molecular weight excluding hydrogens is 388 g/mol. The Balaban J connectivity index is 1.80. The molecule has 3 rings (SSSR count). The molecule has 2 aromatic rings. The zero-order chi connectivity index (χ0) is 21.0. The van der Waals surface area contributed by atoms with Crippen LogP contribution in [0, 0.1) is 6.92 Å². The molecule has 0 spiro atoms. The molecule has 29 heavy (non-hydrogen) atoms. The lowest BCUT2D eigenvalue weighted by molar-refractivity contribution is 0.0730. The third-order valence-corrected chi connectivity index (χ3v) is 7.19. The van der Waals surface area contributed by atoms with E-state index in [1.807, 2.05) is 19.1 Å². The fourth-order valence-electron chi connectivity index (χ4n) is 3.34. The van der Waals surface area contributed by atoms with Gasteiger partial charge in [0.2, 0.25) is 10.0 Å². The fourth-order valence-corrected chi connectivity index (χ4v) is 4.78. The maximum Gasteiger partial charge on any atom is 0.252 e. The van der Waals surface area contributed by atoms with Crippen molar-refractivity contribution in [1.29, 1.82) is 0 Å². The molecule has 1 aliphatic rings. The van der Waals surface area contributed by atoms with E-state index in [0.29, 0.717) is 31.9 Å². The smallest absolute Gasteiger partial charge is 0.252 e.